The standard InChI is InChI=1S/C13H22N2O3/c1-10(16)9-12(17)15-8-4-5-11(15)13(18)14-6-2-3-7-14/h10-11,16H,2-9H2,1H3/t10-,11+/m0/s1. The minimum Gasteiger partial charge on any atom is -0.393 e. The Morgan fingerprint density at radius 3 is 2.50 bits per heavy atom. The Morgan fingerprint density at radius 1 is 1.22 bits per heavy atom. The van der Waals surface area contributed by atoms with Crippen molar-refractivity contribution in [1.82, 2.24) is 9.80 Å². The van der Waals surface area contributed by atoms with E-state index in [4.69, 9.17) is 0 Å². The predicted molar refractivity (Wildman–Crippen MR) is 66.8 cm³/mol. The number of carbonyl (C=O) groups is 2. The van der Waals surface area contributed by atoms with Crippen molar-refractivity contribution < 1.29 is 14.7 Å². The molecule has 0 unspecified atom stereocenters. The van der Waals surface area contributed by atoms with E-state index in [1.54, 1.807) is 11.8 Å². The number of likely N-dealkylation sites (tertiary alicyclic amines) is 2. The second kappa shape index (κ2) is 5.69. The average molecular weight is 254 g/mol. The van der Waals surface area contributed by atoms with Gasteiger partial charge in [0.15, 0.2) is 0 Å². The van der Waals surface area contributed by atoms with Gasteiger partial charge >= 0.3 is 0 Å². The third kappa shape index (κ3) is 2.83. The zero-order chi connectivity index (χ0) is 13.1. The SMILES string of the molecule is C[C@H](O)CC(=O)N1CCC[C@@H]1C(=O)N1CCCC1. The van der Waals surface area contributed by atoms with Crippen LogP contribution in [0.4, 0.5) is 0 Å². The molecule has 0 aromatic heterocycles. The first-order valence-electron chi connectivity index (χ1n) is 6.86. The molecular weight excluding hydrogens is 232 g/mol. The lowest BCUT2D eigenvalue weighted by molar-refractivity contribution is -0.144. The van der Waals surface area contributed by atoms with Gasteiger partial charge in [0.1, 0.15) is 6.04 Å². The molecule has 0 aliphatic carbocycles. The minimum absolute atomic E-state index is 0.0972. The van der Waals surface area contributed by atoms with Crippen molar-refractivity contribution in [2.45, 2.75) is 51.2 Å². The van der Waals surface area contributed by atoms with Crippen LogP contribution < -0.4 is 0 Å². The summed E-state index contributed by atoms with van der Waals surface area (Å²) >= 11 is 0. The second-order valence-corrected chi connectivity index (χ2v) is 5.33. The second-order valence-electron chi connectivity index (χ2n) is 5.33. The molecule has 2 rings (SSSR count). The van der Waals surface area contributed by atoms with E-state index in [9.17, 15) is 14.7 Å². The van der Waals surface area contributed by atoms with E-state index >= 15 is 0 Å². The molecule has 102 valence electrons. The summed E-state index contributed by atoms with van der Waals surface area (Å²) in [5, 5.41) is 9.28. The number of aliphatic hydroxyl groups is 1. The molecule has 2 atom stereocenters. The summed E-state index contributed by atoms with van der Waals surface area (Å²) in [7, 11) is 0. The fourth-order valence-electron chi connectivity index (χ4n) is 2.84. The number of hydrogen-bond donors (Lipinski definition) is 1. The highest BCUT2D eigenvalue weighted by Crippen LogP contribution is 2.22. The van der Waals surface area contributed by atoms with Crippen LogP contribution in [0.25, 0.3) is 0 Å². The lowest BCUT2D eigenvalue weighted by atomic mass is 10.1. The first-order valence-corrected chi connectivity index (χ1v) is 6.86. The van der Waals surface area contributed by atoms with Crippen molar-refractivity contribution in [3.8, 4) is 0 Å². The van der Waals surface area contributed by atoms with Gasteiger partial charge in [-0.05, 0) is 32.6 Å². The molecule has 2 heterocycles. The zero-order valence-corrected chi connectivity index (χ0v) is 11.0. The van der Waals surface area contributed by atoms with Crippen LogP contribution in [0, 0.1) is 0 Å². The summed E-state index contributed by atoms with van der Waals surface area (Å²) in [5.41, 5.74) is 0. The van der Waals surface area contributed by atoms with Crippen molar-refractivity contribution in [2.24, 2.45) is 0 Å². The van der Waals surface area contributed by atoms with Crippen LogP contribution in [0.15, 0.2) is 0 Å². The Balaban J connectivity index is 1.98. The van der Waals surface area contributed by atoms with Crippen LogP contribution in [0.2, 0.25) is 0 Å². The van der Waals surface area contributed by atoms with Crippen LogP contribution in [0.1, 0.15) is 39.0 Å². The predicted octanol–water partition coefficient (Wildman–Crippen LogP) is 0.371. The maximum atomic E-state index is 12.3. The monoisotopic (exact) mass is 254 g/mol. The summed E-state index contributed by atoms with van der Waals surface area (Å²) in [6.07, 6.45) is 3.27. The molecule has 5 heteroatoms. The van der Waals surface area contributed by atoms with Gasteiger partial charge in [0.05, 0.1) is 12.5 Å². The largest absolute Gasteiger partial charge is 0.393 e. The Labute approximate surface area is 108 Å². The van der Waals surface area contributed by atoms with Crippen molar-refractivity contribution in [3.63, 3.8) is 0 Å². The van der Waals surface area contributed by atoms with E-state index in [1.165, 1.54) is 0 Å². The maximum Gasteiger partial charge on any atom is 0.245 e. The third-order valence-corrected chi connectivity index (χ3v) is 3.75. The molecule has 2 amide bonds. The zero-order valence-electron chi connectivity index (χ0n) is 11.0. The first-order chi connectivity index (χ1) is 8.59. The third-order valence-electron chi connectivity index (χ3n) is 3.75. The molecular formula is C13H22N2O3. The molecule has 1 N–H and O–H groups in total. The highest BCUT2D eigenvalue weighted by molar-refractivity contribution is 5.88. The number of amides is 2. The summed E-state index contributed by atoms with van der Waals surface area (Å²) in [6, 6.07) is -0.283. The van der Waals surface area contributed by atoms with Gasteiger partial charge in [-0.2, -0.15) is 0 Å². The van der Waals surface area contributed by atoms with E-state index in [0.717, 1.165) is 38.8 Å². The molecule has 2 aliphatic heterocycles. The van der Waals surface area contributed by atoms with Crippen molar-refractivity contribution in [2.75, 3.05) is 19.6 Å². The van der Waals surface area contributed by atoms with E-state index in [0.29, 0.717) is 6.54 Å². The van der Waals surface area contributed by atoms with Crippen molar-refractivity contribution in [1.29, 1.82) is 0 Å². The smallest absolute Gasteiger partial charge is 0.245 e. The van der Waals surface area contributed by atoms with E-state index < -0.39 is 6.10 Å². The molecule has 18 heavy (non-hydrogen) atoms. The number of rotatable bonds is 3. The molecule has 0 aromatic rings. The van der Waals surface area contributed by atoms with Gasteiger partial charge in [-0.25, -0.2) is 0 Å². The molecule has 0 aromatic carbocycles. The molecule has 0 bridgehead atoms. The summed E-state index contributed by atoms with van der Waals surface area (Å²) in [4.78, 5) is 27.8. The quantitative estimate of drug-likeness (QED) is 0.791. The molecule has 0 saturated carbocycles. The van der Waals surface area contributed by atoms with Gasteiger partial charge in [0.25, 0.3) is 0 Å². The molecule has 2 aliphatic rings. The Kier molecular flexibility index (Phi) is 4.22. The van der Waals surface area contributed by atoms with Crippen LogP contribution in [0.5, 0.6) is 0 Å². The van der Waals surface area contributed by atoms with E-state index in [-0.39, 0.29) is 24.3 Å². The highest BCUT2D eigenvalue weighted by atomic mass is 16.3. The first kappa shape index (κ1) is 13.3. The topological polar surface area (TPSA) is 60.9 Å². The van der Waals surface area contributed by atoms with Crippen molar-refractivity contribution in [3.05, 3.63) is 0 Å². The average Bonchev–Trinajstić information content (AvgIpc) is 2.98. The number of aliphatic hydroxyl groups excluding tert-OH is 1. The van der Waals surface area contributed by atoms with Crippen molar-refractivity contribution >= 4 is 11.8 Å². The Bertz CT molecular complexity index is 324. The highest BCUT2D eigenvalue weighted by Gasteiger charge is 2.37. The van der Waals surface area contributed by atoms with Crippen LogP contribution >= 0.6 is 0 Å². The summed E-state index contributed by atoms with van der Waals surface area (Å²) < 4.78 is 0. The maximum absolute atomic E-state index is 12.3. The normalized spacial score (nSPS) is 25.6. The van der Waals surface area contributed by atoms with Gasteiger partial charge in [0.2, 0.25) is 11.8 Å². The molecule has 2 saturated heterocycles. The molecule has 0 spiro atoms. The molecule has 5 nitrogen and oxygen atoms in total. The van der Waals surface area contributed by atoms with Crippen LogP contribution in [-0.2, 0) is 9.59 Å². The minimum atomic E-state index is -0.638. The lowest BCUT2D eigenvalue weighted by Gasteiger charge is -2.28. The van der Waals surface area contributed by atoms with Gasteiger partial charge in [-0.1, -0.05) is 0 Å². The summed E-state index contributed by atoms with van der Waals surface area (Å²) in [5.74, 6) is 0.00369. The van der Waals surface area contributed by atoms with Crippen LogP contribution in [0.3, 0.4) is 0 Å². The van der Waals surface area contributed by atoms with E-state index in [1.807, 2.05) is 4.90 Å². The Hall–Kier alpha value is -1.10. The van der Waals surface area contributed by atoms with E-state index in [2.05, 4.69) is 0 Å². The van der Waals surface area contributed by atoms with Gasteiger partial charge in [-0.15, -0.1) is 0 Å². The van der Waals surface area contributed by atoms with Gasteiger partial charge in [0, 0.05) is 19.6 Å². The summed E-state index contributed by atoms with van der Waals surface area (Å²) in [6.45, 7) is 3.91. The number of carbonyl (C=O) groups excluding carboxylic acids is 2. The van der Waals surface area contributed by atoms with Gasteiger partial charge < -0.3 is 14.9 Å². The Morgan fingerprint density at radius 2 is 1.89 bits per heavy atom. The van der Waals surface area contributed by atoms with Gasteiger partial charge in [-0.3, -0.25) is 9.59 Å². The number of nitrogens with zero attached hydrogens (tertiary/aromatic N) is 2. The van der Waals surface area contributed by atoms with Crippen LogP contribution in [-0.4, -0.2) is 58.5 Å². The fraction of sp³-hybridized carbons (Fsp3) is 0.846. The molecule has 2 fully saturated rings. The number of hydrogen-bond acceptors (Lipinski definition) is 3. The lowest BCUT2D eigenvalue weighted by Crippen LogP contribution is -2.47. The fourth-order valence-corrected chi connectivity index (χ4v) is 2.84. The molecule has 0 radical (unpaired) electrons.